The Kier molecular flexibility index (Phi) is 6.57. The molecule has 1 N–H and O–H groups in total. The van der Waals surface area contributed by atoms with E-state index in [2.05, 4.69) is 73.3 Å². The number of anilines is 2. The molecule has 7 nitrogen and oxygen atoms in total. The summed E-state index contributed by atoms with van der Waals surface area (Å²) < 4.78 is 13.1. The van der Waals surface area contributed by atoms with E-state index >= 15 is 0 Å². The molecule has 0 unspecified atom stereocenters. The number of aromatic nitrogens is 2. The smallest absolute Gasteiger partial charge is 0.174 e. The molecule has 0 bridgehead atoms. The molecule has 2 aromatic heterocycles. The molecule has 172 valence electrons. The Morgan fingerprint density at radius 2 is 1.85 bits per heavy atom. The van der Waals surface area contributed by atoms with Gasteiger partial charge < -0.3 is 29.2 Å². The summed E-state index contributed by atoms with van der Waals surface area (Å²) in [5, 5.41) is 4.24. The SMILES string of the molecule is COCCn1cccc1[C@H]1[C@@H](c2ccccn2)NC(=S)N1c1ccc(N2CCOCC2)cc1. The fraction of sp³-hybridized carbons (Fsp3) is 0.360. The van der Waals surface area contributed by atoms with Gasteiger partial charge in [-0.15, -0.1) is 0 Å². The van der Waals surface area contributed by atoms with Crippen molar-refractivity contribution in [2.75, 3.05) is 49.8 Å². The number of methoxy groups -OCH3 is 1. The van der Waals surface area contributed by atoms with Gasteiger partial charge >= 0.3 is 0 Å². The Morgan fingerprint density at radius 1 is 1.06 bits per heavy atom. The third-order valence-electron chi connectivity index (χ3n) is 6.31. The molecule has 1 aromatic carbocycles. The number of hydrogen-bond acceptors (Lipinski definition) is 5. The third-order valence-corrected chi connectivity index (χ3v) is 6.62. The van der Waals surface area contributed by atoms with Crippen molar-refractivity contribution in [3.8, 4) is 0 Å². The van der Waals surface area contributed by atoms with Crippen molar-refractivity contribution < 1.29 is 9.47 Å². The van der Waals surface area contributed by atoms with E-state index in [1.165, 1.54) is 11.4 Å². The summed E-state index contributed by atoms with van der Waals surface area (Å²) in [5.74, 6) is 0. The highest BCUT2D eigenvalue weighted by molar-refractivity contribution is 7.80. The molecule has 4 heterocycles. The maximum Gasteiger partial charge on any atom is 0.174 e. The molecule has 2 aliphatic heterocycles. The van der Waals surface area contributed by atoms with Gasteiger partial charge in [-0.25, -0.2) is 0 Å². The van der Waals surface area contributed by atoms with Crippen LogP contribution in [0.25, 0.3) is 0 Å². The lowest BCUT2D eigenvalue weighted by molar-refractivity contribution is 0.122. The first-order chi connectivity index (χ1) is 16.3. The highest BCUT2D eigenvalue weighted by Gasteiger charge is 2.42. The van der Waals surface area contributed by atoms with Crippen LogP contribution in [0.1, 0.15) is 23.5 Å². The summed E-state index contributed by atoms with van der Waals surface area (Å²) in [5.41, 5.74) is 4.41. The molecule has 3 aromatic rings. The summed E-state index contributed by atoms with van der Waals surface area (Å²) in [6, 6.07) is 18.9. The minimum Gasteiger partial charge on any atom is -0.383 e. The van der Waals surface area contributed by atoms with Crippen LogP contribution in [0.5, 0.6) is 0 Å². The molecule has 2 aliphatic rings. The largest absolute Gasteiger partial charge is 0.383 e. The number of benzene rings is 1. The molecule has 2 saturated heterocycles. The fourth-order valence-corrected chi connectivity index (χ4v) is 5.01. The standard InChI is InChI=1S/C25H29N5O2S/c1-31-16-13-29-12-4-6-22(29)24-23(21-5-2-3-11-26-21)27-25(33)30(24)20-9-7-19(8-10-20)28-14-17-32-18-15-28/h2-12,23-24H,13-18H2,1H3,(H,27,33)/t23-,24+/m1/s1. The van der Waals surface area contributed by atoms with Gasteiger partial charge in [-0.2, -0.15) is 0 Å². The fourth-order valence-electron chi connectivity index (χ4n) is 4.67. The number of thiocarbonyl (C=S) groups is 1. The van der Waals surface area contributed by atoms with Crippen molar-refractivity contribution in [2.45, 2.75) is 18.6 Å². The summed E-state index contributed by atoms with van der Waals surface area (Å²) in [6.07, 6.45) is 3.94. The highest BCUT2D eigenvalue weighted by atomic mass is 32.1. The number of pyridine rings is 1. The summed E-state index contributed by atoms with van der Waals surface area (Å²) in [6.45, 7) is 4.80. The van der Waals surface area contributed by atoms with Crippen molar-refractivity contribution in [3.05, 3.63) is 78.4 Å². The second kappa shape index (κ2) is 9.91. The number of morpholine rings is 1. The minimum absolute atomic E-state index is 0.0338. The van der Waals surface area contributed by atoms with Crippen molar-refractivity contribution in [1.82, 2.24) is 14.9 Å². The van der Waals surface area contributed by atoms with E-state index in [0.29, 0.717) is 11.7 Å². The van der Waals surface area contributed by atoms with E-state index in [-0.39, 0.29) is 12.1 Å². The zero-order valence-electron chi connectivity index (χ0n) is 18.8. The molecule has 2 fully saturated rings. The van der Waals surface area contributed by atoms with Gasteiger partial charge in [-0.05, 0) is 60.7 Å². The molecule has 0 amide bonds. The van der Waals surface area contributed by atoms with Crippen LogP contribution in [0.15, 0.2) is 67.0 Å². The monoisotopic (exact) mass is 463 g/mol. The van der Waals surface area contributed by atoms with Crippen LogP contribution in [0.4, 0.5) is 11.4 Å². The van der Waals surface area contributed by atoms with Gasteiger partial charge in [-0.3, -0.25) is 4.98 Å². The van der Waals surface area contributed by atoms with Gasteiger partial charge in [0.05, 0.1) is 31.6 Å². The van der Waals surface area contributed by atoms with Crippen molar-refractivity contribution in [1.29, 1.82) is 0 Å². The Hall–Kier alpha value is -2.94. The predicted molar refractivity (Wildman–Crippen MR) is 134 cm³/mol. The van der Waals surface area contributed by atoms with Gasteiger partial charge in [0.2, 0.25) is 0 Å². The van der Waals surface area contributed by atoms with Gasteiger partial charge in [-0.1, -0.05) is 6.07 Å². The average Bonchev–Trinajstić information content (AvgIpc) is 3.47. The zero-order chi connectivity index (χ0) is 22.6. The van der Waals surface area contributed by atoms with E-state index < -0.39 is 0 Å². The Balaban J connectivity index is 1.51. The van der Waals surface area contributed by atoms with Crippen molar-refractivity contribution in [3.63, 3.8) is 0 Å². The molecular weight excluding hydrogens is 434 g/mol. The summed E-state index contributed by atoms with van der Waals surface area (Å²) in [4.78, 5) is 9.23. The Labute approximate surface area is 199 Å². The Morgan fingerprint density at radius 3 is 2.58 bits per heavy atom. The predicted octanol–water partition coefficient (Wildman–Crippen LogP) is 3.54. The zero-order valence-corrected chi connectivity index (χ0v) is 19.6. The maximum absolute atomic E-state index is 5.87. The van der Waals surface area contributed by atoms with E-state index in [9.17, 15) is 0 Å². The van der Waals surface area contributed by atoms with Gasteiger partial charge in [0, 0.05) is 56.2 Å². The molecule has 5 rings (SSSR count). The van der Waals surface area contributed by atoms with Crippen LogP contribution in [-0.4, -0.2) is 54.7 Å². The molecule has 8 heteroatoms. The third kappa shape index (κ3) is 4.46. The van der Waals surface area contributed by atoms with Crippen LogP contribution in [0.3, 0.4) is 0 Å². The second-order valence-corrected chi connectivity index (χ2v) is 8.62. The van der Waals surface area contributed by atoms with E-state index in [1.807, 2.05) is 18.3 Å². The molecule has 0 aliphatic carbocycles. The molecule has 0 spiro atoms. The van der Waals surface area contributed by atoms with E-state index in [0.717, 1.165) is 44.2 Å². The first kappa shape index (κ1) is 21.9. The summed E-state index contributed by atoms with van der Waals surface area (Å²) in [7, 11) is 1.73. The van der Waals surface area contributed by atoms with Gasteiger partial charge in [0.1, 0.15) is 6.04 Å². The maximum atomic E-state index is 5.87. The molecule has 0 radical (unpaired) electrons. The highest BCUT2D eigenvalue weighted by Crippen LogP contribution is 2.42. The van der Waals surface area contributed by atoms with Crippen LogP contribution in [-0.2, 0) is 16.0 Å². The van der Waals surface area contributed by atoms with Crippen molar-refractivity contribution in [2.24, 2.45) is 0 Å². The van der Waals surface area contributed by atoms with Gasteiger partial charge in [0.15, 0.2) is 5.11 Å². The normalized spacial score (nSPS) is 20.8. The number of rotatable bonds is 7. The van der Waals surface area contributed by atoms with Crippen molar-refractivity contribution >= 4 is 28.7 Å². The van der Waals surface area contributed by atoms with Crippen LogP contribution in [0, 0.1) is 0 Å². The number of hydrogen-bond donors (Lipinski definition) is 1. The minimum atomic E-state index is -0.0613. The second-order valence-electron chi connectivity index (χ2n) is 8.23. The first-order valence-electron chi connectivity index (χ1n) is 11.3. The van der Waals surface area contributed by atoms with Gasteiger partial charge in [0.25, 0.3) is 0 Å². The quantitative estimate of drug-likeness (QED) is 0.538. The number of ether oxygens (including phenoxy) is 2. The Bertz CT molecular complexity index is 1070. The summed E-state index contributed by atoms with van der Waals surface area (Å²) >= 11 is 5.87. The topological polar surface area (TPSA) is 54.8 Å². The van der Waals surface area contributed by atoms with E-state index in [4.69, 9.17) is 21.7 Å². The van der Waals surface area contributed by atoms with Crippen LogP contribution in [0.2, 0.25) is 0 Å². The molecule has 2 atom stereocenters. The molecule has 33 heavy (non-hydrogen) atoms. The lowest BCUT2D eigenvalue weighted by atomic mass is 10.0. The lowest BCUT2D eigenvalue weighted by Crippen LogP contribution is -2.36. The number of nitrogens with one attached hydrogen (secondary N) is 1. The lowest BCUT2D eigenvalue weighted by Gasteiger charge is -2.31. The molecule has 0 saturated carbocycles. The van der Waals surface area contributed by atoms with E-state index in [1.54, 1.807) is 7.11 Å². The average molecular weight is 464 g/mol. The first-order valence-corrected chi connectivity index (χ1v) is 11.7. The van der Waals surface area contributed by atoms with Crippen LogP contribution >= 0.6 is 12.2 Å². The molecular formula is C25H29N5O2S. The number of nitrogens with zero attached hydrogens (tertiary/aromatic N) is 4. The van der Waals surface area contributed by atoms with Crippen LogP contribution < -0.4 is 15.1 Å².